The number of carbonyl (C=O) groups excluding carboxylic acids is 1. The van der Waals surface area contributed by atoms with Crippen LogP contribution >= 0.6 is 0 Å². The van der Waals surface area contributed by atoms with Gasteiger partial charge in [-0.3, -0.25) is 4.79 Å². The predicted octanol–water partition coefficient (Wildman–Crippen LogP) is 2.02. The largest absolute Gasteiger partial charge is 0.337 e. The molecule has 17 heavy (non-hydrogen) atoms. The molecule has 0 aromatic carbocycles. The second-order valence-electron chi connectivity index (χ2n) is 5.87. The predicted molar refractivity (Wildman–Crippen MR) is 69.8 cm³/mol. The molecule has 1 amide bonds. The molecule has 1 unspecified atom stereocenters. The average Bonchev–Trinajstić information content (AvgIpc) is 2.81. The molecule has 98 valence electrons. The summed E-state index contributed by atoms with van der Waals surface area (Å²) in [6, 6.07) is 0.363. The van der Waals surface area contributed by atoms with Gasteiger partial charge in [-0.25, -0.2) is 0 Å². The molecule has 0 radical (unpaired) electrons. The first-order valence-corrected chi connectivity index (χ1v) is 7.19. The van der Waals surface area contributed by atoms with Crippen molar-refractivity contribution < 1.29 is 4.79 Å². The van der Waals surface area contributed by atoms with Gasteiger partial charge in [-0.2, -0.15) is 0 Å². The fourth-order valence-corrected chi connectivity index (χ4v) is 3.30. The molecule has 1 aliphatic carbocycles. The summed E-state index contributed by atoms with van der Waals surface area (Å²) in [7, 11) is 0. The SMILES string of the molecule is CC(CC1CCCC1)C(=O)N1CCNC[C@H]1C. The van der Waals surface area contributed by atoms with Crippen LogP contribution in [0, 0.1) is 11.8 Å². The van der Waals surface area contributed by atoms with Crippen LogP contribution in [0.5, 0.6) is 0 Å². The van der Waals surface area contributed by atoms with Crippen LogP contribution in [0.4, 0.5) is 0 Å². The summed E-state index contributed by atoms with van der Waals surface area (Å²) >= 11 is 0. The number of amides is 1. The van der Waals surface area contributed by atoms with Crippen molar-refractivity contribution in [2.24, 2.45) is 11.8 Å². The lowest BCUT2D eigenvalue weighted by Crippen LogP contribution is -2.53. The van der Waals surface area contributed by atoms with E-state index in [1.54, 1.807) is 0 Å². The Hall–Kier alpha value is -0.570. The second kappa shape index (κ2) is 5.85. The first-order chi connectivity index (χ1) is 8.18. The van der Waals surface area contributed by atoms with Crippen LogP contribution < -0.4 is 5.32 Å². The maximum atomic E-state index is 12.4. The van der Waals surface area contributed by atoms with E-state index in [1.807, 2.05) is 0 Å². The Kier molecular flexibility index (Phi) is 4.43. The summed E-state index contributed by atoms with van der Waals surface area (Å²) < 4.78 is 0. The van der Waals surface area contributed by atoms with Gasteiger partial charge in [0.15, 0.2) is 0 Å². The fraction of sp³-hybridized carbons (Fsp3) is 0.929. The average molecular weight is 238 g/mol. The molecular weight excluding hydrogens is 212 g/mol. The summed E-state index contributed by atoms with van der Waals surface area (Å²) in [6.45, 7) is 7.05. The van der Waals surface area contributed by atoms with Crippen LogP contribution in [-0.4, -0.2) is 36.5 Å². The van der Waals surface area contributed by atoms with Crippen molar-refractivity contribution in [1.82, 2.24) is 10.2 Å². The van der Waals surface area contributed by atoms with Crippen LogP contribution in [-0.2, 0) is 4.79 Å². The summed E-state index contributed by atoms with van der Waals surface area (Å²) in [5, 5.41) is 3.34. The minimum Gasteiger partial charge on any atom is -0.337 e. The van der Waals surface area contributed by atoms with Gasteiger partial charge < -0.3 is 10.2 Å². The molecule has 1 N–H and O–H groups in total. The maximum Gasteiger partial charge on any atom is 0.225 e. The van der Waals surface area contributed by atoms with Gasteiger partial charge in [0.2, 0.25) is 5.91 Å². The third-order valence-corrected chi connectivity index (χ3v) is 4.37. The van der Waals surface area contributed by atoms with Crippen molar-refractivity contribution in [3.63, 3.8) is 0 Å². The van der Waals surface area contributed by atoms with Crippen molar-refractivity contribution >= 4 is 5.91 Å². The third-order valence-electron chi connectivity index (χ3n) is 4.37. The van der Waals surface area contributed by atoms with Crippen molar-refractivity contribution in [2.75, 3.05) is 19.6 Å². The lowest BCUT2D eigenvalue weighted by atomic mass is 9.93. The highest BCUT2D eigenvalue weighted by molar-refractivity contribution is 5.79. The highest BCUT2D eigenvalue weighted by atomic mass is 16.2. The molecule has 0 spiro atoms. The molecule has 3 heteroatoms. The Morgan fingerprint density at radius 1 is 1.41 bits per heavy atom. The van der Waals surface area contributed by atoms with Gasteiger partial charge in [-0.15, -0.1) is 0 Å². The number of rotatable bonds is 3. The summed E-state index contributed by atoms with van der Waals surface area (Å²) in [5.41, 5.74) is 0. The highest BCUT2D eigenvalue weighted by Crippen LogP contribution is 2.31. The fourth-order valence-electron chi connectivity index (χ4n) is 3.30. The summed E-state index contributed by atoms with van der Waals surface area (Å²) in [6.07, 6.45) is 6.53. The Bertz CT molecular complexity index is 261. The van der Waals surface area contributed by atoms with E-state index in [-0.39, 0.29) is 5.92 Å². The zero-order valence-electron chi connectivity index (χ0n) is 11.2. The quantitative estimate of drug-likeness (QED) is 0.816. The van der Waals surface area contributed by atoms with Crippen LogP contribution in [0.3, 0.4) is 0 Å². The molecule has 1 saturated heterocycles. The molecule has 2 fully saturated rings. The van der Waals surface area contributed by atoms with Gasteiger partial charge in [0.1, 0.15) is 0 Å². The molecule has 1 saturated carbocycles. The topological polar surface area (TPSA) is 32.3 Å². The van der Waals surface area contributed by atoms with Crippen LogP contribution in [0.25, 0.3) is 0 Å². The second-order valence-corrected chi connectivity index (χ2v) is 5.87. The minimum absolute atomic E-state index is 0.221. The summed E-state index contributed by atoms with van der Waals surface area (Å²) in [4.78, 5) is 14.5. The molecule has 0 bridgehead atoms. The van der Waals surface area contributed by atoms with E-state index in [0.29, 0.717) is 11.9 Å². The monoisotopic (exact) mass is 238 g/mol. The normalized spacial score (nSPS) is 28.4. The van der Waals surface area contributed by atoms with Gasteiger partial charge in [0.25, 0.3) is 0 Å². The van der Waals surface area contributed by atoms with Gasteiger partial charge in [0, 0.05) is 31.6 Å². The molecule has 1 aliphatic heterocycles. The van der Waals surface area contributed by atoms with E-state index in [1.165, 1.54) is 25.7 Å². The number of nitrogens with zero attached hydrogens (tertiary/aromatic N) is 1. The van der Waals surface area contributed by atoms with Crippen molar-refractivity contribution in [2.45, 2.75) is 52.0 Å². The van der Waals surface area contributed by atoms with E-state index in [4.69, 9.17) is 0 Å². The third kappa shape index (κ3) is 3.21. The molecule has 0 aromatic rings. The molecule has 3 nitrogen and oxygen atoms in total. The van der Waals surface area contributed by atoms with Crippen LogP contribution in [0.1, 0.15) is 46.0 Å². The zero-order valence-corrected chi connectivity index (χ0v) is 11.2. The maximum absolute atomic E-state index is 12.4. The van der Waals surface area contributed by atoms with Crippen molar-refractivity contribution in [3.05, 3.63) is 0 Å². The van der Waals surface area contributed by atoms with E-state index < -0.39 is 0 Å². The smallest absolute Gasteiger partial charge is 0.225 e. The van der Waals surface area contributed by atoms with Crippen molar-refractivity contribution in [1.29, 1.82) is 0 Å². The van der Waals surface area contributed by atoms with Gasteiger partial charge in [0.05, 0.1) is 0 Å². The van der Waals surface area contributed by atoms with Gasteiger partial charge in [-0.05, 0) is 19.3 Å². The van der Waals surface area contributed by atoms with E-state index in [2.05, 4.69) is 24.1 Å². The zero-order chi connectivity index (χ0) is 12.3. The highest BCUT2D eigenvalue weighted by Gasteiger charge is 2.28. The number of piperazine rings is 1. The molecule has 2 atom stereocenters. The molecular formula is C14H26N2O. The van der Waals surface area contributed by atoms with E-state index >= 15 is 0 Å². The van der Waals surface area contributed by atoms with Gasteiger partial charge >= 0.3 is 0 Å². The number of hydrogen-bond donors (Lipinski definition) is 1. The Labute approximate surface area is 105 Å². The lowest BCUT2D eigenvalue weighted by Gasteiger charge is -2.36. The van der Waals surface area contributed by atoms with Crippen LogP contribution in [0.2, 0.25) is 0 Å². The van der Waals surface area contributed by atoms with Crippen LogP contribution in [0.15, 0.2) is 0 Å². The number of hydrogen-bond acceptors (Lipinski definition) is 2. The van der Waals surface area contributed by atoms with E-state index in [9.17, 15) is 4.79 Å². The first-order valence-electron chi connectivity index (χ1n) is 7.19. The van der Waals surface area contributed by atoms with E-state index in [0.717, 1.165) is 32.0 Å². The van der Waals surface area contributed by atoms with Gasteiger partial charge in [-0.1, -0.05) is 32.6 Å². The Balaban J connectivity index is 1.84. The number of carbonyl (C=O) groups is 1. The summed E-state index contributed by atoms with van der Waals surface area (Å²) in [5.74, 6) is 1.41. The lowest BCUT2D eigenvalue weighted by molar-refractivity contribution is -0.138. The Morgan fingerprint density at radius 2 is 2.12 bits per heavy atom. The molecule has 1 heterocycles. The number of nitrogens with one attached hydrogen (secondary N) is 1. The standard InChI is InChI=1S/C14H26N2O/c1-11(9-13-5-3-4-6-13)14(17)16-8-7-15-10-12(16)2/h11-13,15H,3-10H2,1-2H3/t11?,12-/m1/s1. The molecule has 2 aliphatic rings. The molecule has 0 aromatic heterocycles. The first kappa shape index (κ1) is 12.9. The molecule has 2 rings (SSSR count). The minimum atomic E-state index is 0.221. The Morgan fingerprint density at radius 3 is 2.76 bits per heavy atom. The van der Waals surface area contributed by atoms with Crippen molar-refractivity contribution in [3.8, 4) is 0 Å².